The molecule has 0 aliphatic heterocycles. The van der Waals surface area contributed by atoms with Crippen LogP contribution in [0.3, 0.4) is 0 Å². The Labute approximate surface area is 143 Å². The molecule has 1 atom stereocenters. The molecule has 0 aliphatic carbocycles. The van der Waals surface area contributed by atoms with Crippen molar-refractivity contribution in [1.82, 2.24) is 14.6 Å². The number of aromatic nitrogens is 3. The number of nitrogens with zero attached hydrogens (tertiary/aromatic N) is 3. The number of aryl methyl sites for hydroxylation is 1. The van der Waals surface area contributed by atoms with Gasteiger partial charge in [-0.3, -0.25) is 0 Å². The van der Waals surface area contributed by atoms with Crippen molar-refractivity contribution >= 4 is 5.65 Å². The van der Waals surface area contributed by atoms with Crippen LogP contribution in [0.15, 0.2) is 42.9 Å². The van der Waals surface area contributed by atoms with E-state index in [1.807, 2.05) is 18.5 Å². The Kier molecular flexibility index (Phi) is 4.84. The number of hydrogen-bond donors (Lipinski definition) is 0. The third kappa shape index (κ3) is 3.58. The van der Waals surface area contributed by atoms with Crippen molar-refractivity contribution in [2.75, 3.05) is 6.61 Å². The fourth-order valence-corrected chi connectivity index (χ4v) is 3.11. The monoisotopic (exact) mass is 323 g/mol. The molecule has 1 aromatic carbocycles. The second kappa shape index (κ2) is 7.04. The first-order valence-electron chi connectivity index (χ1n) is 8.56. The Balaban J connectivity index is 1.77. The second-order valence-electron chi connectivity index (χ2n) is 6.97. The van der Waals surface area contributed by atoms with Gasteiger partial charge in [-0.05, 0) is 54.5 Å². The van der Waals surface area contributed by atoms with E-state index in [9.17, 15) is 0 Å². The van der Waals surface area contributed by atoms with E-state index >= 15 is 0 Å². The zero-order valence-corrected chi connectivity index (χ0v) is 14.9. The average Bonchev–Trinajstić information content (AvgIpc) is 2.97. The van der Waals surface area contributed by atoms with E-state index < -0.39 is 0 Å². The molecule has 0 aliphatic rings. The first-order valence-corrected chi connectivity index (χ1v) is 8.56. The van der Waals surface area contributed by atoms with Gasteiger partial charge in [0.1, 0.15) is 5.75 Å². The summed E-state index contributed by atoms with van der Waals surface area (Å²) in [5.41, 5.74) is 4.16. The number of rotatable bonds is 6. The summed E-state index contributed by atoms with van der Waals surface area (Å²) in [7, 11) is 0. The van der Waals surface area contributed by atoms with Crippen LogP contribution in [-0.4, -0.2) is 21.2 Å². The molecule has 4 heteroatoms. The summed E-state index contributed by atoms with van der Waals surface area (Å²) in [6.07, 6.45) is 6.75. The Morgan fingerprint density at radius 1 is 1.21 bits per heavy atom. The zero-order chi connectivity index (χ0) is 17.1. The van der Waals surface area contributed by atoms with Crippen molar-refractivity contribution in [3.8, 4) is 16.9 Å². The number of ether oxygens (including phenoxy) is 1. The molecule has 0 saturated heterocycles. The summed E-state index contributed by atoms with van der Waals surface area (Å²) >= 11 is 0. The summed E-state index contributed by atoms with van der Waals surface area (Å²) in [4.78, 5) is 4.43. The first-order chi connectivity index (χ1) is 11.5. The highest BCUT2D eigenvalue weighted by Gasteiger charge is 2.11. The highest BCUT2D eigenvalue weighted by molar-refractivity contribution is 5.77. The van der Waals surface area contributed by atoms with Crippen molar-refractivity contribution in [3.05, 3.63) is 48.4 Å². The van der Waals surface area contributed by atoms with Crippen LogP contribution in [0.1, 0.15) is 32.8 Å². The fraction of sp³-hybridized carbons (Fsp3) is 0.400. The Morgan fingerprint density at radius 3 is 2.79 bits per heavy atom. The van der Waals surface area contributed by atoms with Crippen LogP contribution in [0.4, 0.5) is 0 Å². The van der Waals surface area contributed by atoms with E-state index in [1.165, 1.54) is 6.42 Å². The molecule has 0 N–H and O–H groups in total. The van der Waals surface area contributed by atoms with Crippen LogP contribution in [0.25, 0.3) is 16.8 Å². The number of hydrogen-bond acceptors (Lipinski definition) is 3. The summed E-state index contributed by atoms with van der Waals surface area (Å²) < 4.78 is 7.82. The summed E-state index contributed by atoms with van der Waals surface area (Å²) in [5.74, 6) is 2.22. The minimum Gasteiger partial charge on any atom is -0.493 e. The van der Waals surface area contributed by atoms with E-state index in [4.69, 9.17) is 4.74 Å². The third-order valence-corrected chi connectivity index (χ3v) is 4.16. The van der Waals surface area contributed by atoms with Gasteiger partial charge in [0.25, 0.3) is 0 Å². The van der Waals surface area contributed by atoms with Crippen LogP contribution < -0.4 is 4.74 Å². The molecule has 2 aromatic heterocycles. The molecule has 0 spiro atoms. The second-order valence-corrected chi connectivity index (χ2v) is 6.97. The van der Waals surface area contributed by atoms with Gasteiger partial charge in [0.2, 0.25) is 0 Å². The van der Waals surface area contributed by atoms with Crippen LogP contribution >= 0.6 is 0 Å². The minimum atomic E-state index is 0.563. The molecular formula is C20H25N3O. The highest BCUT2D eigenvalue weighted by atomic mass is 16.5. The molecule has 0 unspecified atom stereocenters. The Morgan fingerprint density at radius 2 is 2.04 bits per heavy atom. The molecular weight excluding hydrogens is 298 g/mol. The minimum absolute atomic E-state index is 0.563. The van der Waals surface area contributed by atoms with Gasteiger partial charge in [0.15, 0.2) is 5.65 Å². The summed E-state index contributed by atoms with van der Waals surface area (Å²) in [5, 5.41) is 4.36. The molecule has 3 rings (SSSR count). The van der Waals surface area contributed by atoms with E-state index in [2.05, 4.69) is 56.0 Å². The van der Waals surface area contributed by atoms with E-state index in [0.717, 1.165) is 34.7 Å². The fourth-order valence-electron chi connectivity index (χ4n) is 3.11. The van der Waals surface area contributed by atoms with Gasteiger partial charge in [-0.2, -0.15) is 5.10 Å². The van der Waals surface area contributed by atoms with Crippen LogP contribution in [0.5, 0.6) is 5.75 Å². The van der Waals surface area contributed by atoms with Crippen molar-refractivity contribution in [2.45, 2.75) is 34.1 Å². The average molecular weight is 323 g/mol. The summed E-state index contributed by atoms with van der Waals surface area (Å²) in [6, 6.07) is 8.17. The molecule has 24 heavy (non-hydrogen) atoms. The lowest BCUT2D eigenvalue weighted by atomic mass is 10.00. The normalized spacial score (nSPS) is 12.7. The maximum atomic E-state index is 6.02. The van der Waals surface area contributed by atoms with Gasteiger partial charge in [-0.25, -0.2) is 9.50 Å². The molecule has 3 aromatic rings. The molecule has 0 fully saturated rings. The topological polar surface area (TPSA) is 39.4 Å². The van der Waals surface area contributed by atoms with Gasteiger partial charge in [-0.15, -0.1) is 0 Å². The quantitative estimate of drug-likeness (QED) is 0.656. The van der Waals surface area contributed by atoms with Crippen molar-refractivity contribution < 1.29 is 4.74 Å². The van der Waals surface area contributed by atoms with Crippen LogP contribution in [0, 0.1) is 18.8 Å². The molecule has 0 amide bonds. The standard InChI is InChI=1S/C20H25N3O/c1-14(2)10-15(3)13-24-19-7-6-17(11-16(19)4)18-12-22-23-9-5-8-21-20(18)23/h5-9,11-12,14-15H,10,13H2,1-4H3/t15-/m1/s1. The summed E-state index contributed by atoms with van der Waals surface area (Å²) in [6.45, 7) is 9.59. The highest BCUT2D eigenvalue weighted by Crippen LogP contribution is 2.28. The van der Waals surface area contributed by atoms with Crippen molar-refractivity contribution in [3.63, 3.8) is 0 Å². The maximum absolute atomic E-state index is 6.02. The maximum Gasteiger partial charge on any atom is 0.162 e. The Bertz CT molecular complexity index is 823. The smallest absolute Gasteiger partial charge is 0.162 e. The van der Waals surface area contributed by atoms with Crippen LogP contribution in [-0.2, 0) is 0 Å². The van der Waals surface area contributed by atoms with Crippen molar-refractivity contribution in [2.24, 2.45) is 11.8 Å². The largest absolute Gasteiger partial charge is 0.493 e. The van der Waals surface area contributed by atoms with E-state index in [0.29, 0.717) is 11.8 Å². The van der Waals surface area contributed by atoms with E-state index in [-0.39, 0.29) is 0 Å². The molecule has 0 saturated carbocycles. The lowest BCUT2D eigenvalue weighted by Crippen LogP contribution is -2.11. The lowest BCUT2D eigenvalue weighted by Gasteiger charge is -2.16. The predicted molar refractivity (Wildman–Crippen MR) is 97.3 cm³/mol. The first kappa shape index (κ1) is 16.5. The van der Waals surface area contributed by atoms with Gasteiger partial charge in [-0.1, -0.05) is 26.8 Å². The zero-order valence-electron chi connectivity index (χ0n) is 14.9. The number of fused-ring (bicyclic) bond motifs is 1. The van der Waals surface area contributed by atoms with Gasteiger partial charge >= 0.3 is 0 Å². The van der Waals surface area contributed by atoms with Gasteiger partial charge < -0.3 is 4.74 Å². The molecule has 4 nitrogen and oxygen atoms in total. The lowest BCUT2D eigenvalue weighted by molar-refractivity contribution is 0.238. The number of benzene rings is 1. The third-order valence-electron chi connectivity index (χ3n) is 4.16. The Hall–Kier alpha value is -2.36. The van der Waals surface area contributed by atoms with Gasteiger partial charge in [0, 0.05) is 18.0 Å². The van der Waals surface area contributed by atoms with E-state index in [1.54, 1.807) is 10.7 Å². The SMILES string of the molecule is Cc1cc(-c2cnn3cccnc23)ccc1OC[C@H](C)CC(C)C. The molecule has 0 bridgehead atoms. The molecule has 126 valence electrons. The van der Waals surface area contributed by atoms with Gasteiger partial charge in [0.05, 0.1) is 12.8 Å². The van der Waals surface area contributed by atoms with Crippen molar-refractivity contribution in [1.29, 1.82) is 0 Å². The predicted octanol–water partition coefficient (Wildman–Crippen LogP) is 4.77. The van der Waals surface area contributed by atoms with Crippen LogP contribution in [0.2, 0.25) is 0 Å². The molecule has 0 radical (unpaired) electrons. The molecule has 2 heterocycles.